The fourth-order valence-corrected chi connectivity index (χ4v) is 2.08. The molecule has 0 aliphatic carbocycles. The first kappa shape index (κ1) is 16.0. The SMILES string of the molecule is CCC(CO)NC(=O)c1ccc(NCc2ccccc2)cc1. The summed E-state index contributed by atoms with van der Waals surface area (Å²) in [5.74, 6) is -0.157. The number of hydrogen-bond acceptors (Lipinski definition) is 3. The van der Waals surface area contributed by atoms with E-state index in [2.05, 4.69) is 22.8 Å². The van der Waals surface area contributed by atoms with Gasteiger partial charge in [0.1, 0.15) is 0 Å². The van der Waals surface area contributed by atoms with Gasteiger partial charge in [-0.1, -0.05) is 37.3 Å². The summed E-state index contributed by atoms with van der Waals surface area (Å²) < 4.78 is 0. The van der Waals surface area contributed by atoms with Crippen molar-refractivity contribution in [2.75, 3.05) is 11.9 Å². The van der Waals surface area contributed by atoms with E-state index in [1.54, 1.807) is 12.1 Å². The van der Waals surface area contributed by atoms with Gasteiger partial charge in [0, 0.05) is 17.8 Å². The summed E-state index contributed by atoms with van der Waals surface area (Å²) in [7, 11) is 0. The lowest BCUT2D eigenvalue weighted by molar-refractivity contribution is 0.0915. The molecule has 0 heterocycles. The van der Waals surface area contributed by atoms with Crippen LogP contribution in [0.25, 0.3) is 0 Å². The molecule has 4 nitrogen and oxygen atoms in total. The Balaban J connectivity index is 1.91. The largest absolute Gasteiger partial charge is 0.394 e. The number of nitrogens with one attached hydrogen (secondary N) is 2. The Labute approximate surface area is 131 Å². The molecule has 0 spiro atoms. The Morgan fingerprint density at radius 3 is 2.36 bits per heavy atom. The van der Waals surface area contributed by atoms with Gasteiger partial charge in [0.2, 0.25) is 0 Å². The van der Waals surface area contributed by atoms with Gasteiger partial charge >= 0.3 is 0 Å². The molecule has 0 aliphatic rings. The van der Waals surface area contributed by atoms with Crippen molar-refractivity contribution >= 4 is 11.6 Å². The monoisotopic (exact) mass is 298 g/mol. The van der Waals surface area contributed by atoms with Crippen molar-refractivity contribution in [1.29, 1.82) is 0 Å². The molecule has 2 rings (SSSR count). The smallest absolute Gasteiger partial charge is 0.251 e. The highest BCUT2D eigenvalue weighted by atomic mass is 16.3. The maximum atomic E-state index is 12.0. The van der Waals surface area contributed by atoms with Crippen molar-refractivity contribution in [1.82, 2.24) is 5.32 Å². The topological polar surface area (TPSA) is 61.4 Å². The fraction of sp³-hybridized carbons (Fsp3) is 0.278. The molecular weight excluding hydrogens is 276 g/mol. The molecule has 116 valence electrons. The molecule has 2 aromatic rings. The zero-order valence-corrected chi connectivity index (χ0v) is 12.8. The normalized spacial score (nSPS) is 11.7. The lowest BCUT2D eigenvalue weighted by Gasteiger charge is -2.14. The molecule has 2 aromatic carbocycles. The maximum Gasteiger partial charge on any atom is 0.251 e. The first-order chi connectivity index (χ1) is 10.7. The lowest BCUT2D eigenvalue weighted by Crippen LogP contribution is -2.36. The molecule has 3 N–H and O–H groups in total. The quantitative estimate of drug-likeness (QED) is 0.736. The van der Waals surface area contributed by atoms with Gasteiger partial charge in [-0.25, -0.2) is 0 Å². The van der Waals surface area contributed by atoms with E-state index in [4.69, 9.17) is 5.11 Å². The number of amides is 1. The highest BCUT2D eigenvalue weighted by molar-refractivity contribution is 5.94. The highest BCUT2D eigenvalue weighted by Crippen LogP contribution is 2.11. The minimum Gasteiger partial charge on any atom is -0.394 e. The summed E-state index contributed by atoms with van der Waals surface area (Å²) in [5, 5.41) is 15.2. The van der Waals surface area contributed by atoms with Crippen molar-refractivity contribution < 1.29 is 9.90 Å². The third kappa shape index (κ3) is 4.60. The second-order valence-corrected chi connectivity index (χ2v) is 5.18. The third-order valence-electron chi connectivity index (χ3n) is 3.53. The van der Waals surface area contributed by atoms with E-state index in [9.17, 15) is 4.79 Å². The van der Waals surface area contributed by atoms with Crippen LogP contribution in [0.3, 0.4) is 0 Å². The lowest BCUT2D eigenvalue weighted by atomic mass is 10.1. The third-order valence-corrected chi connectivity index (χ3v) is 3.53. The molecule has 0 aromatic heterocycles. The van der Waals surface area contributed by atoms with Crippen molar-refractivity contribution in [3.05, 3.63) is 65.7 Å². The van der Waals surface area contributed by atoms with Gasteiger partial charge in [-0.15, -0.1) is 0 Å². The summed E-state index contributed by atoms with van der Waals surface area (Å²) in [6.45, 7) is 2.63. The number of benzene rings is 2. The minimum atomic E-state index is -0.191. The van der Waals surface area contributed by atoms with Crippen LogP contribution in [0.1, 0.15) is 29.3 Å². The first-order valence-electron chi connectivity index (χ1n) is 7.52. The van der Waals surface area contributed by atoms with Gasteiger partial charge in [0.15, 0.2) is 0 Å². The molecule has 4 heteroatoms. The summed E-state index contributed by atoms with van der Waals surface area (Å²) in [5.41, 5.74) is 2.77. The van der Waals surface area contributed by atoms with Gasteiger partial charge in [-0.05, 0) is 36.2 Å². The van der Waals surface area contributed by atoms with E-state index >= 15 is 0 Å². The minimum absolute atomic E-state index is 0.0427. The molecule has 1 atom stereocenters. The Morgan fingerprint density at radius 2 is 1.77 bits per heavy atom. The molecule has 0 fully saturated rings. The van der Waals surface area contributed by atoms with Gasteiger partial charge in [0.25, 0.3) is 5.91 Å². The van der Waals surface area contributed by atoms with Crippen molar-refractivity contribution in [2.45, 2.75) is 25.9 Å². The van der Waals surface area contributed by atoms with Crippen LogP contribution in [0, 0.1) is 0 Å². The summed E-state index contributed by atoms with van der Waals surface area (Å²) in [6, 6.07) is 17.3. The summed E-state index contributed by atoms with van der Waals surface area (Å²) in [4.78, 5) is 12.0. The van der Waals surface area contributed by atoms with Crippen LogP contribution in [0.15, 0.2) is 54.6 Å². The standard InChI is InChI=1S/C18H22N2O2/c1-2-16(13-21)20-18(22)15-8-10-17(11-9-15)19-12-14-6-4-3-5-7-14/h3-11,16,19,21H,2,12-13H2,1H3,(H,20,22). The average Bonchev–Trinajstić information content (AvgIpc) is 2.59. The molecule has 0 saturated carbocycles. The van der Waals surface area contributed by atoms with E-state index in [0.717, 1.165) is 12.2 Å². The van der Waals surface area contributed by atoms with Gasteiger partial charge in [-0.2, -0.15) is 0 Å². The zero-order valence-electron chi connectivity index (χ0n) is 12.8. The van der Waals surface area contributed by atoms with E-state index in [-0.39, 0.29) is 18.6 Å². The van der Waals surface area contributed by atoms with Crippen molar-refractivity contribution in [2.24, 2.45) is 0 Å². The van der Waals surface area contributed by atoms with E-state index < -0.39 is 0 Å². The Hall–Kier alpha value is -2.33. The van der Waals surface area contributed by atoms with E-state index in [1.807, 2.05) is 37.3 Å². The zero-order chi connectivity index (χ0) is 15.8. The number of anilines is 1. The Bertz CT molecular complexity index is 578. The molecule has 0 bridgehead atoms. The van der Waals surface area contributed by atoms with Crippen LogP contribution >= 0.6 is 0 Å². The highest BCUT2D eigenvalue weighted by Gasteiger charge is 2.10. The van der Waals surface area contributed by atoms with Gasteiger partial charge in [-0.3, -0.25) is 4.79 Å². The van der Waals surface area contributed by atoms with Crippen LogP contribution < -0.4 is 10.6 Å². The molecule has 0 saturated heterocycles. The molecule has 0 radical (unpaired) electrons. The average molecular weight is 298 g/mol. The van der Waals surface area contributed by atoms with Crippen LogP contribution in [0.4, 0.5) is 5.69 Å². The molecule has 1 unspecified atom stereocenters. The molecule has 0 aliphatic heterocycles. The number of carbonyl (C=O) groups is 1. The summed E-state index contributed by atoms with van der Waals surface area (Å²) in [6.07, 6.45) is 0.707. The molecular formula is C18H22N2O2. The van der Waals surface area contributed by atoms with E-state index in [0.29, 0.717) is 12.0 Å². The predicted octanol–water partition coefficient (Wildman–Crippen LogP) is 2.80. The van der Waals surface area contributed by atoms with Crippen LogP contribution in [0.5, 0.6) is 0 Å². The second-order valence-electron chi connectivity index (χ2n) is 5.18. The Kier molecular flexibility index (Phi) is 5.98. The molecule has 1 amide bonds. The Morgan fingerprint density at radius 1 is 1.09 bits per heavy atom. The number of carbonyl (C=O) groups excluding carboxylic acids is 1. The van der Waals surface area contributed by atoms with Crippen LogP contribution in [0.2, 0.25) is 0 Å². The van der Waals surface area contributed by atoms with Crippen LogP contribution in [-0.2, 0) is 6.54 Å². The fourth-order valence-electron chi connectivity index (χ4n) is 2.08. The molecule has 22 heavy (non-hydrogen) atoms. The maximum absolute atomic E-state index is 12.0. The van der Waals surface area contributed by atoms with Gasteiger partial charge < -0.3 is 15.7 Å². The number of rotatable bonds is 7. The first-order valence-corrected chi connectivity index (χ1v) is 7.52. The van der Waals surface area contributed by atoms with Crippen molar-refractivity contribution in [3.8, 4) is 0 Å². The number of aliphatic hydroxyl groups excluding tert-OH is 1. The van der Waals surface area contributed by atoms with Crippen molar-refractivity contribution in [3.63, 3.8) is 0 Å². The number of hydrogen-bond donors (Lipinski definition) is 3. The second kappa shape index (κ2) is 8.20. The summed E-state index contributed by atoms with van der Waals surface area (Å²) >= 11 is 0. The number of aliphatic hydroxyl groups is 1. The van der Waals surface area contributed by atoms with Gasteiger partial charge in [0.05, 0.1) is 12.6 Å². The predicted molar refractivity (Wildman–Crippen MR) is 88.8 cm³/mol. The van der Waals surface area contributed by atoms with E-state index in [1.165, 1.54) is 5.56 Å². The van der Waals surface area contributed by atoms with Crippen LogP contribution in [-0.4, -0.2) is 23.7 Å².